The van der Waals surface area contributed by atoms with Gasteiger partial charge in [0.15, 0.2) is 0 Å². The predicted octanol–water partition coefficient (Wildman–Crippen LogP) is 7.23. The predicted molar refractivity (Wildman–Crippen MR) is 192 cm³/mol. The Hall–Kier alpha value is -5.45. The van der Waals surface area contributed by atoms with Crippen molar-refractivity contribution in [3.8, 4) is 17.1 Å². The highest BCUT2D eigenvalue weighted by molar-refractivity contribution is 5.99. The normalized spacial score (nSPS) is 16.8. The molecule has 2 amide bonds. The van der Waals surface area contributed by atoms with Gasteiger partial charge in [-0.15, -0.1) is 11.6 Å². The lowest BCUT2D eigenvalue weighted by Gasteiger charge is -2.28. The number of hydrogen-bond donors (Lipinski definition) is 2. The third kappa shape index (κ3) is 9.94. The zero-order valence-electron chi connectivity index (χ0n) is 30.9. The van der Waals surface area contributed by atoms with Gasteiger partial charge in [-0.05, 0) is 84.7 Å². The van der Waals surface area contributed by atoms with E-state index in [4.69, 9.17) is 18.7 Å². The molecule has 1 aliphatic rings. The molecule has 0 aliphatic carbocycles. The van der Waals surface area contributed by atoms with Crippen molar-refractivity contribution in [2.24, 2.45) is 4.99 Å². The molecular weight excluding hydrogens is 711 g/mol. The van der Waals surface area contributed by atoms with Crippen LogP contribution in [0.2, 0.25) is 0 Å². The number of nitrogens with zero attached hydrogens (tertiary/aromatic N) is 6. The molecular formula is C37H44F3N7O7. The number of carbonyl (C=O) groups excluding carboxylic acids is 2. The Bertz CT molecular complexity index is 2010. The summed E-state index contributed by atoms with van der Waals surface area (Å²) < 4.78 is 66.7. The summed E-state index contributed by atoms with van der Waals surface area (Å²) in [5.41, 5.74) is -1.12. The summed E-state index contributed by atoms with van der Waals surface area (Å²) in [6.45, 7) is 14.2. The second-order valence-electron chi connectivity index (χ2n) is 14.6. The number of alkyl halides is 3. The molecule has 0 unspecified atom stereocenters. The second-order valence-corrected chi connectivity index (χ2v) is 14.6. The first-order valence-electron chi connectivity index (χ1n) is 17.3. The lowest BCUT2D eigenvalue weighted by Crippen LogP contribution is -2.47. The van der Waals surface area contributed by atoms with Gasteiger partial charge in [0, 0.05) is 25.1 Å². The number of benzene rings is 2. The molecule has 14 nitrogen and oxygen atoms in total. The highest BCUT2D eigenvalue weighted by Gasteiger charge is 2.42. The number of fused-ring (bicyclic) bond motifs is 1. The van der Waals surface area contributed by atoms with Crippen LogP contribution in [-0.2, 0) is 28.6 Å². The summed E-state index contributed by atoms with van der Waals surface area (Å²) >= 11 is 0. The average Bonchev–Trinajstić information content (AvgIpc) is 3.78. The van der Waals surface area contributed by atoms with Crippen molar-refractivity contribution in [3.63, 3.8) is 0 Å². The summed E-state index contributed by atoms with van der Waals surface area (Å²) in [6.07, 6.45) is -5.16. The van der Waals surface area contributed by atoms with Crippen molar-refractivity contribution in [1.29, 1.82) is 0 Å². The number of likely N-dealkylation sites (tertiary alicyclic amines) is 1. The fourth-order valence-electron chi connectivity index (χ4n) is 5.79. The molecule has 2 N–H and O–H groups in total. The monoisotopic (exact) mass is 755 g/mol. The van der Waals surface area contributed by atoms with E-state index in [0.717, 1.165) is 22.9 Å². The maximum absolute atomic E-state index is 14.3. The Balaban J connectivity index is 1.35. The van der Waals surface area contributed by atoms with E-state index in [1.807, 2.05) is 28.8 Å². The Morgan fingerprint density at radius 1 is 1.07 bits per heavy atom. The number of alkyl carbamates (subject to hydrolysis) is 1. The minimum atomic E-state index is -4.78. The van der Waals surface area contributed by atoms with Gasteiger partial charge in [0.2, 0.25) is 11.8 Å². The number of halogens is 3. The van der Waals surface area contributed by atoms with Gasteiger partial charge in [-0.25, -0.2) is 14.6 Å². The molecule has 0 spiro atoms. The molecule has 17 heteroatoms. The number of amides is 2. The molecule has 0 saturated carbocycles. The molecule has 3 heterocycles. The molecule has 2 atom stereocenters. The van der Waals surface area contributed by atoms with E-state index in [1.165, 1.54) is 17.0 Å². The van der Waals surface area contributed by atoms with E-state index >= 15 is 0 Å². The van der Waals surface area contributed by atoms with E-state index in [1.54, 1.807) is 47.6 Å². The number of aliphatic hydroxyl groups is 1. The minimum Gasteiger partial charge on any atom is -0.493 e. The van der Waals surface area contributed by atoms with E-state index < -0.39 is 47.3 Å². The highest BCUT2D eigenvalue weighted by atomic mass is 19.4. The molecule has 2 aromatic carbocycles. The van der Waals surface area contributed by atoms with Crippen molar-refractivity contribution in [2.45, 2.75) is 96.9 Å². The van der Waals surface area contributed by atoms with E-state index in [2.05, 4.69) is 32.0 Å². The first-order chi connectivity index (χ1) is 25.3. The van der Waals surface area contributed by atoms with Crippen molar-refractivity contribution < 1.29 is 46.6 Å². The molecule has 290 valence electrons. The van der Waals surface area contributed by atoms with Crippen LogP contribution in [-0.4, -0.2) is 78.3 Å². The Morgan fingerprint density at radius 3 is 2.48 bits per heavy atom. The van der Waals surface area contributed by atoms with Crippen LogP contribution in [0, 0.1) is 0 Å². The second kappa shape index (κ2) is 15.9. The number of ether oxygens (including phenoxy) is 3. The van der Waals surface area contributed by atoms with E-state index in [-0.39, 0.29) is 48.6 Å². The fraction of sp³-hybridized carbons (Fsp3) is 0.459. The summed E-state index contributed by atoms with van der Waals surface area (Å²) in [4.78, 5) is 39.7. The average molecular weight is 756 g/mol. The largest absolute Gasteiger partial charge is 0.493 e. The van der Waals surface area contributed by atoms with Crippen LogP contribution < -0.4 is 10.1 Å². The van der Waals surface area contributed by atoms with Gasteiger partial charge >= 0.3 is 18.4 Å². The van der Waals surface area contributed by atoms with Crippen LogP contribution >= 0.6 is 0 Å². The number of allylic oxidation sites excluding steroid dienone is 1. The summed E-state index contributed by atoms with van der Waals surface area (Å²) in [6, 6.07) is 9.91. The number of carbonyl (C=O) groups is 2. The van der Waals surface area contributed by atoms with Gasteiger partial charge in [-0.3, -0.25) is 5.32 Å². The molecule has 4 aromatic rings. The van der Waals surface area contributed by atoms with Gasteiger partial charge in [-0.2, -0.15) is 18.2 Å². The summed E-state index contributed by atoms with van der Waals surface area (Å²) in [5.74, 6) is -0.322. The summed E-state index contributed by atoms with van der Waals surface area (Å²) in [5, 5.41) is 17.3. The van der Waals surface area contributed by atoms with Gasteiger partial charge in [0.1, 0.15) is 28.8 Å². The fourth-order valence-corrected chi connectivity index (χ4v) is 5.79. The molecule has 1 saturated heterocycles. The zero-order chi connectivity index (χ0) is 39.4. The number of hydrogen-bond acceptors (Lipinski definition) is 10. The van der Waals surface area contributed by atoms with Crippen LogP contribution in [0.25, 0.3) is 22.4 Å². The highest BCUT2D eigenvalue weighted by Crippen LogP contribution is 2.39. The van der Waals surface area contributed by atoms with Crippen molar-refractivity contribution in [2.75, 3.05) is 13.2 Å². The standard InChI is InChI=1S/C37H44F3N7O7/c1-8-18-46-25-13-10-9-12-24(25)41-28(46)14-11-20-51-27-16-15-22(21-23(27)37(38,39)40)30-42-31(54-45-30)29-26(48)17-19-47(29)32(43-33(49)52-35(2,3)4)44-34(50)53-36(5,6)7/h8-10,12-13,15-16,21,26,29,48H,1,11,14,17-20H2,2-7H3,(H,43,44,49,50)/t26-,29-/m0/s1. The molecule has 1 aliphatic heterocycles. The number of para-hydroxylation sites is 2. The smallest absolute Gasteiger partial charge is 0.437 e. The van der Waals surface area contributed by atoms with Gasteiger partial charge in [0.05, 0.1) is 29.3 Å². The number of guanidine groups is 1. The van der Waals surface area contributed by atoms with Crippen LogP contribution in [0.3, 0.4) is 0 Å². The Kier molecular flexibility index (Phi) is 11.7. The lowest BCUT2D eigenvalue weighted by atomic mass is 10.1. The zero-order valence-corrected chi connectivity index (χ0v) is 30.9. The van der Waals surface area contributed by atoms with Gasteiger partial charge in [0.25, 0.3) is 5.89 Å². The SMILES string of the molecule is C=CCn1c(CCCOc2ccc(-c3noc([C@@H]4[C@@H](O)CCN4C(=NC(=O)OC(C)(C)C)NC(=O)OC(C)(C)C)n3)cc2C(F)(F)F)nc2ccccc21. The van der Waals surface area contributed by atoms with E-state index in [0.29, 0.717) is 19.4 Å². The first-order valence-corrected chi connectivity index (χ1v) is 17.3. The van der Waals surface area contributed by atoms with Gasteiger partial charge in [-0.1, -0.05) is 23.4 Å². The number of aryl methyl sites for hydroxylation is 1. The quantitative estimate of drug-likeness (QED) is 0.0766. The number of aromatic nitrogens is 4. The molecule has 0 bridgehead atoms. The minimum absolute atomic E-state index is 0.00794. The number of imidazole rings is 1. The van der Waals surface area contributed by atoms with Crippen LogP contribution in [0.1, 0.15) is 77.7 Å². The maximum Gasteiger partial charge on any atom is 0.437 e. The first kappa shape index (κ1) is 39.8. The number of nitrogens with one attached hydrogen (secondary N) is 1. The number of aliphatic imine (C=N–C) groups is 1. The van der Waals surface area contributed by atoms with Crippen molar-refractivity contribution in [3.05, 3.63) is 72.4 Å². The molecule has 0 radical (unpaired) electrons. The molecule has 2 aromatic heterocycles. The van der Waals surface area contributed by atoms with Crippen molar-refractivity contribution >= 4 is 29.2 Å². The Morgan fingerprint density at radius 2 is 1.80 bits per heavy atom. The summed E-state index contributed by atoms with van der Waals surface area (Å²) in [7, 11) is 0. The Labute approximate surface area is 310 Å². The van der Waals surface area contributed by atoms with E-state index in [9.17, 15) is 27.9 Å². The van der Waals surface area contributed by atoms with Crippen LogP contribution in [0.15, 0.2) is 64.6 Å². The third-order valence-electron chi connectivity index (χ3n) is 7.93. The third-order valence-corrected chi connectivity index (χ3v) is 7.93. The van der Waals surface area contributed by atoms with Crippen molar-refractivity contribution in [1.82, 2.24) is 29.9 Å². The van der Waals surface area contributed by atoms with Crippen LogP contribution in [0.5, 0.6) is 5.75 Å². The molecule has 1 fully saturated rings. The van der Waals surface area contributed by atoms with Crippen LogP contribution in [0.4, 0.5) is 22.8 Å². The number of aliphatic hydroxyl groups excluding tert-OH is 1. The van der Waals surface area contributed by atoms with Gasteiger partial charge < -0.3 is 33.3 Å². The molecule has 54 heavy (non-hydrogen) atoms. The maximum atomic E-state index is 14.3. The number of rotatable bonds is 9. The topological polar surface area (TPSA) is 166 Å². The lowest BCUT2D eigenvalue weighted by molar-refractivity contribution is -0.138. The molecule has 5 rings (SSSR count).